The molecule has 0 atom stereocenters. The van der Waals surface area contributed by atoms with Crippen molar-refractivity contribution in [3.05, 3.63) is 46.3 Å². The summed E-state index contributed by atoms with van der Waals surface area (Å²) in [6.07, 6.45) is 0. The van der Waals surface area contributed by atoms with Crippen LogP contribution in [-0.4, -0.2) is 7.11 Å². The SMILES string of the molecule is COc1cc(C#N)ccc1OCc1ccc(Br)o1. The van der Waals surface area contributed by atoms with E-state index in [0.717, 1.165) is 0 Å². The summed E-state index contributed by atoms with van der Waals surface area (Å²) in [7, 11) is 1.53. The zero-order chi connectivity index (χ0) is 13.0. The highest BCUT2D eigenvalue weighted by atomic mass is 79.9. The van der Waals surface area contributed by atoms with Crippen molar-refractivity contribution in [2.24, 2.45) is 0 Å². The first-order chi connectivity index (χ1) is 8.72. The third-order valence-electron chi connectivity index (χ3n) is 2.29. The van der Waals surface area contributed by atoms with Crippen molar-refractivity contribution in [2.45, 2.75) is 6.61 Å². The lowest BCUT2D eigenvalue weighted by atomic mass is 10.2. The van der Waals surface area contributed by atoms with Crippen LogP contribution in [0.4, 0.5) is 0 Å². The summed E-state index contributed by atoms with van der Waals surface area (Å²) in [4.78, 5) is 0. The molecule has 0 amide bonds. The minimum absolute atomic E-state index is 0.299. The first-order valence-electron chi connectivity index (χ1n) is 5.18. The fraction of sp³-hybridized carbons (Fsp3) is 0.154. The second-order valence-electron chi connectivity index (χ2n) is 3.47. The van der Waals surface area contributed by atoms with Crippen LogP contribution in [0.2, 0.25) is 0 Å². The fourth-order valence-electron chi connectivity index (χ4n) is 1.43. The predicted molar refractivity (Wildman–Crippen MR) is 68.4 cm³/mol. The summed E-state index contributed by atoms with van der Waals surface area (Å²) in [5, 5.41) is 8.79. The molecule has 0 fully saturated rings. The van der Waals surface area contributed by atoms with Gasteiger partial charge in [-0.15, -0.1) is 0 Å². The molecule has 0 aliphatic rings. The van der Waals surface area contributed by atoms with Crippen LogP contribution >= 0.6 is 15.9 Å². The maximum atomic E-state index is 8.79. The zero-order valence-electron chi connectivity index (χ0n) is 9.64. The Balaban J connectivity index is 2.12. The normalized spacial score (nSPS) is 9.83. The van der Waals surface area contributed by atoms with Crippen LogP contribution in [0.25, 0.3) is 0 Å². The Hall–Kier alpha value is -1.93. The summed E-state index contributed by atoms with van der Waals surface area (Å²) >= 11 is 3.22. The molecule has 0 aliphatic heterocycles. The number of methoxy groups -OCH3 is 1. The van der Waals surface area contributed by atoms with E-state index in [2.05, 4.69) is 15.9 Å². The number of benzene rings is 1. The summed E-state index contributed by atoms with van der Waals surface area (Å²) in [6, 6.07) is 10.7. The van der Waals surface area contributed by atoms with Crippen molar-refractivity contribution < 1.29 is 13.9 Å². The average Bonchev–Trinajstić information content (AvgIpc) is 2.82. The van der Waals surface area contributed by atoms with Gasteiger partial charge in [0.2, 0.25) is 0 Å². The number of halogens is 1. The Morgan fingerprint density at radius 1 is 1.28 bits per heavy atom. The van der Waals surface area contributed by atoms with E-state index in [1.807, 2.05) is 12.1 Å². The molecule has 1 aromatic carbocycles. The lowest BCUT2D eigenvalue weighted by Crippen LogP contribution is -1.96. The maximum absolute atomic E-state index is 8.79. The van der Waals surface area contributed by atoms with Crippen LogP contribution < -0.4 is 9.47 Å². The van der Waals surface area contributed by atoms with E-state index < -0.39 is 0 Å². The third kappa shape index (κ3) is 2.84. The van der Waals surface area contributed by atoms with Gasteiger partial charge in [0.05, 0.1) is 18.7 Å². The van der Waals surface area contributed by atoms with Crippen LogP contribution in [-0.2, 0) is 6.61 Å². The molecule has 4 nitrogen and oxygen atoms in total. The van der Waals surface area contributed by atoms with Crippen molar-refractivity contribution >= 4 is 15.9 Å². The second-order valence-corrected chi connectivity index (χ2v) is 4.25. The molecule has 0 spiro atoms. The molecule has 92 valence electrons. The summed E-state index contributed by atoms with van der Waals surface area (Å²) in [5.41, 5.74) is 0.528. The topological polar surface area (TPSA) is 55.4 Å². The molecule has 1 aromatic heterocycles. The van der Waals surface area contributed by atoms with Crippen molar-refractivity contribution in [2.75, 3.05) is 7.11 Å². The molecule has 5 heteroatoms. The number of rotatable bonds is 4. The van der Waals surface area contributed by atoms with Gasteiger partial charge in [0.1, 0.15) is 12.4 Å². The van der Waals surface area contributed by atoms with E-state index in [4.69, 9.17) is 19.2 Å². The minimum atomic E-state index is 0.299. The fourth-order valence-corrected chi connectivity index (χ4v) is 1.77. The molecule has 0 saturated heterocycles. The molecule has 0 unspecified atom stereocenters. The molecule has 0 N–H and O–H groups in total. The maximum Gasteiger partial charge on any atom is 0.169 e. The van der Waals surface area contributed by atoms with E-state index in [0.29, 0.717) is 34.1 Å². The first kappa shape index (κ1) is 12.5. The molecule has 0 bridgehead atoms. The molecule has 18 heavy (non-hydrogen) atoms. The quantitative estimate of drug-likeness (QED) is 0.867. The average molecular weight is 308 g/mol. The number of nitriles is 1. The van der Waals surface area contributed by atoms with Gasteiger partial charge in [-0.25, -0.2) is 0 Å². The van der Waals surface area contributed by atoms with Crippen LogP contribution in [0.1, 0.15) is 11.3 Å². The van der Waals surface area contributed by atoms with Gasteiger partial charge in [-0.2, -0.15) is 5.26 Å². The van der Waals surface area contributed by atoms with E-state index in [-0.39, 0.29) is 0 Å². The lowest BCUT2D eigenvalue weighted by Gasteiger charge is -2.09. The summed E-state index contributed by atoms with van der Waals surface area (Å²) in [6.45, 7) is 0.299. The van der Waals surface area contributed by atoms with Crippen LogP contribution in [0, 0.1) is 11.3 Å². The highest BCUT2D eigenvalue weighted by molar-refractivity contribution is 9.10. The van der Waals surface area contributed by atoms with Gasteiger partial charge >= 0.3 is 0 Å². The minimum Gasteiger partial charge on any atom is -0.493 e. The Kier molecular flexibility index (Phi) is 3.90. The zero-order valence-corrected chi connectivity index (χ0v) is 11.2. The Morgan fingerprint density at radius 2 is 2.11 bits per heavy atom. The van der Waals surface area contributed by atoms with Crippen molar-refractivity contribution in [1.29, 1.82) is 5.26 Å². The Bertz CT molecular complexity index is 586. The van der Waals surface area contributed by atoms with E-state index in [9.17, 15) is 0 Å². The second kappa shape index (κ2) is 5.61. The molecule has 0 aliphatic carbocycles. The molecular weight excluding hydrogens is 298 g/mol. The van der Waals surface area contributed by atoms with Crippen molar-refractivity contribution in [3.63, 3.8) is 0 Å². The molecule has 2 rings (SSSR count). The lowest BCUT2D eigenvalue weighted by molar-refractivity contribution is 0.254. The molecule has 2 aromatic rings. The van der Waals surface area contributed by atoms with Gasteiger partial charge < -0.3 is 13.9 Å². The van der Waals surface area contributed by atoms with Gasteiger partial charge in [0.15, 0.2) is 16.2 Å². The van der Waals surface area contributed by atoms with Crippen LogP contribution in [0.3, 0.4) is 0 Å². The number of hydrogen-bond acceptors (Lipinski definition) is 4. The largest absolute Gasteiger partial charge is 0.493 e. The number of hydrogen-bond donors (Lipinski definition) is 0. The standard InChI is InChI=1S/C13H10BrNO3/c1-16-12-6-9(7-15)2-4-11(12)17-8-10-3-5-13(14)18-10/h2-6H,8H2,1H3. The van der Waals surface area contributed by atoms with Gasteiger partial charge in [-0.3, -0.25) is 0 Å². The Morgan fingerprint density at radius 3 is 2.72 bits per heavy atom. The highest BCUT2D eigenvalue weighted by Gasteiger charge is 2.07. The van der Waals surface area contributed by atoms with Crippen LogP contribution in [0.5, 0.6) is 11.5 Å². The van der Waals surface area contributed by atoms with Crippen molar-refractivity contribution in [1.82, 2.24) is 0 Å². The van der Waals surface area contributed by atoms with E-state index >= 15 is 0 Å². The monoisotopic (exact) mass is 307 g/mol. The van der Waals surface area contributed by atoms with E-state index in [1.54, 1.807) is 24.3 Å². The van der Waals surface area contributed by atoms with Crippen LogP contribution in [0.15, 0.2) is 39.4 Å². The molecule has 1 heterocycles. The van der Waals surface area contributed by atoms with E-state index in [1.165, 1.54) is 7.11 Å². The Labute approximate surface area is 113 Å². The third-order valence-corrected chi connectivity index (χ3v) is 2.72. The first-order valence-corrected chi connectivity index (χ1v) is 5.97. The molecular formula is C13H10BrNO3. The van der Waals surface area contributed by atoms with Gasteiger partial charge in [-0.1, -0.05) is 0 Å². The van der Waals surface area contributed by atoms with Gasteiger partial charge in [0, 0.05) is 6.07 Å². The number of furan rings is 1. The summed E-state index contributed by atoms with van der Waals surface area (Å²) < 4.78 is 16.7. The predicted octanol–water partition coefficient (Wildman–Crippen LogP) is 3.50. The van der Waals surface area contributed by atoms with Gasteiger partial charge in [-0.05, 0) is 40.2 Å². The summed E-state index contributed by atoms with van der Waals surface area (Å²) in [5.74, 6) is 1.80. The van der Waals surface area contributed by atoms with Crippen molar-refractivity contribution in [3.8, 4) is 17.6 Å². The highest BCUT2D eigenvalue weighted by Crippen LogP contribution is 2.28. The molecule has 0 saturated carbocycles. The smallest absolute Gasteiger partial charge is 0.169 e. The van der Waals surface area contributed by atoms with Gasteiger partial charge in [0.25, 0.3) is 0 Å². The molecule has 0 radical (unpaired) electrons. The number of nitrogens with zero attached hydrogens (tertiary/aromatic N) is 1. The number of ether oxygens (including phenoxy) is 2.